The van der Waals surface area contributed by atoms with Gasteiger partial charge in [0.2, 0.25) is 17.6 Å². The summed E-state index contributed by atoms with van der Waals surface area (Å²) in [6.07, 6.45) is 4.86. The number of nitrogen functional groups attached to an aromatic ring is 1. The number of nitrogens with zero attached hydrogens (tertiary/aromatic N) is 5. The second kappa shape index (κ2) is 11.2. The second-order valence-corrected chi connectivity index (χ2v) is 9.22. The Balaban J connectivity index is 1.48. The van der Waals surface area contributed by atoms with E-state index < -0.39 is 34.9 Å². The number of likely N-dealkylation sites (N-methyl/N-ethyl adjacent to an activating group) is 1. The molecule has 0 radical (unpaired) electrons. The van der Waals surface area contributed by atoms with Gasteiger partial charge in [-0.25, -0.2) is 27.8 Å². The molecule has 14 heteroatoms. The van der Waals surface area contributed by atoms with E-state index in [1.807, 2.05) is 0 Å². The summed E-state index contributed by atoms with van der Waals surface area (Å²) in [5.41, 5.74) is 6.58. The zero-order valence-electron chi connectivity index (χ0n) is 21.6. The maximum absolute atomic E-state index is 15.4. The first kappa shape index (κ1) is 27.6. The van der Waals surface area contributed by atoms with Gasteiger partial charge in [0.15, 0.2) is 17.2 Å². The highest BCUT2D eigenvalue weighted by atomic mass is 19.2. The molecule has 1 aliphatic heterocycles. The fourth-order valence-corrected chi connectivity index (χ4v) is 4.61. The molecular formula is C27H23F4N7O3. The van der Waals surface area contributed by atoms with Gasteiger partial charge in [-0.2, -0.15) is 9.49 Å². The van der Waals surface area contributed by atoms with Crippen LogP contribution in [0.2, 0.25) is 0 Å². The van der Waals surface area contributed by atoms with Crippen molar-refractivity contribution >= 4 is 28.7 Å². The lowest BCUT2D eigenvalue weighted by Crippen LogP contribution is -2.40. The van der Waals surface area contributed by atoms with Gasteiger partial charge < -0.3 is 20.7 Å². The van der Waals surface area contributed by atoms with Crippen molar-refractivity contribution in [1.82, 2.24) is 30.0 Å². The number of likely N-dealkylation sites (tertiary alicyclic amines) is 1. The number of amides is 2. The van der Waals surface area contributed by atoms with Gasteiger partial charge in [-0.3, -0.25) is 9.59 Å². The Hall–Kier alpha value is -5.01. The molecule has 1 unspecified atom stereocenters. The Labute approximate surface area is 230 Å². The number of benzene rings is 2. The number of hydrogen-bond acceptors (Lipinski definition) is 7. The van der Waals surface area contributed by atoms with Crippen LogP contribution >= 0.6 is 0 Å². The van der Waals surface area contributed by atoms with Crippen molar-refractivity contribution in [3.05, 3.63) is 72.1 Å². The summed E-state index contributed by atoms with van der Waals surface area (Å²) in [6, 6.07) is 4.17. The predicted molar refractivity (Wildman–Crippen MR) is 140 cm³/mol. The molecule has 4 aromatic rings. The summed E-state index contributed by atoms with van der Waals surface area (Å²) in [6.45, 7) is 0.727. The lowest BCUT2D eigenvalue weighted by molar-refractivity contribution is -0.128. The minimum absolute atomic E-state index is 0.00857. The molecule has 2 amide bonds. The molecule has 0 spiro atoms. The first-order chi connectivity index (χ1) is 19.7. The number of nitrogens with two attached hydrogens (primary N) is 1. The highest BCUT2D eigenvalue weighted by molar-refractivity contribution is 5.98. The molecule has 2 aromatic carbocycles. The van der Waals surface area contributed by atoms with E-state index >= 15 is 4.39 Å². The predicted octanol–water partition coefficient (Wildman–Crippen LogP) is 3.89. The summed E-state index contributed by atoms with van der Waals surface area (Å²) < 4.78 is 63.3. The first-order valence-corrected chi connectivity index (χ1v) is 12.5. The fraction of sp³-hybridized carbons (Fsp3) is 0.222. The van der Waals surface area contributed by atoms with Gasteiger partial charge >= 0.3 is 0 Å². The summed E-state index contributed by atoms with van der Waals surface area (Å²) in [5.74, 6) is -6.44. The van der Waals surface area contributed by atoms with Crippen molar-refractivity contribution in [2.75, 3.05) is 25.9 Å². The lowest BCUT2D eigenvalue weighted by Gasteiger charge is -2.32. The SMILES string of the molecule is CNC(=O)/C=C/C(=O)N1CCCC(n2nc(-c3ccc(Oc4cc(F)cc(F)c4F)cc3F)c3c(N)ncnc32)C1. The quantitative estimate of drug-likeness (QED) is 0.205. The Bertz CT molecular complexity index is 1690. The van der Waals surface area contributed by atoms with E-state index in [1.165, 1.54) is 31.6 Å². The molecule has 3 N–H and O–H groups in total. The van der Waals surface area contributed by atoms with Crippen LogP contribution in [0.5, 0.6) is 11.5 Å². The first-order valence-electron chi connectivity index (χ1n) is 12.5. The molecule has 41 heavy (non-hydrogen) atoms. The number of piperidine rings is 1. The van der Waals surface area contributed by atoms with Crippen molar-refractivity contribution in [1.29, 1.82) is 0 Å². The smallest absolute Gasteiger partial charge is 0.246 e. The number of rotatable bonds is 6. The minimum atomic E-state index is -1.45. The third kappa shape index (κ3) is 5.53. The molecule has 2 aromatic heterocycles. The Morgan fingerprint density at radius 3 is 2.66 bits per heavy atom. The van der Waals surface area contributed by atoms with Gasteiger partial charge in [-0.1, -0.05) is 0 Å². The monoisotopic (exact) mass is 569 g/mol. The van der Waals surface area contributed by atoms with Crippen LogP contribution in [0.3, 0.4) is 0 Å². The van der Waals surface area contributed by atoms with Crippen LogP contribution in [0.1, 0.15) is 18.9 Å². The van der Waals surface area contributed by atoms with E-state index in [-0.39, 0.29) is 46.7 Å². The standard InChI is InChI=1S/C27H23F4N7O3/c1-33-21(39)6-7-22(40)37-8-2-3-15(12-37)38-27-23(26(32)34-13-35-27)25(36-38)17-5-4-16(11-18(17)29)41-20-10-14(28)9-19(30)24(20)31/h4-7,9-11,13,15H,2-3,8,12H2,1H3,(H,33,39)(H2,32,34,35)/b7-6+. The van der Waals surface area contributed by atoms with Gasteiger partial charge in [0.05, 0.1) is 11.4 Å². The number of fused-ring (bicyclic) bond motifs is 1. The number of nitrogens with one attached hydrogen (secondary N) is 1. The Morgan fingerprint density at radius 1 is 1.10 bits per heavy atom. The number of ether oxygens (including phenoxy) is 1. The van der Waals surface area contributed by atoms with Crippen LogP contribution < -0.4 is 15.8 Å². The summed E-state index contributed by atoms with van der Waals surface area (Å²) in [4.78, 5) is 34.1. The van der Waals surface area contributed by atoms with E-state index in [9.17, 15) is 22.8 Å². The van der Waals surface area contributed by atoms with E-state index in [0.717, 1.165) is 12.1 Å². The lowest BCUT2D eigenvalue weighted by atomic mass is 10.1. The van der Waals surface area contributed by atoms with Crippen molar-refractivity contribution in [2.24, 2.45) is 0 Å². The summed E-state index contributed by atoms with van der Waals surface area (Å²) in [5, 5.41) is 7.30. The zero-order chi connectivity index (χ0) is 29.3. The van der Waals surface area contributed by atoms with Crippen molar-refractivity contribution in [2.45, 2.75) is 18.9 Å². The van der Waals surface area contributed by atoms with E-state index in [0.29, 0.717) is 37.2 Å². The van der Waals surface area contributed by atoms with E-state index in [2.05, 4.69) is 20.4 Å². The van der Waals surface area contributed by atoms with Gasteiger partial charge in [-0.15, -0.1) is 0 Å². The third-order valence-corrected chi connectivity index (χ3v) is 6.58. The minimum Gasteiger partial charge on any atom is -0.454 e. The van der Waals surface area contributed by atoms with Crippen LogP contribution in [0.4, 0.5) is 23.4 Å². The maximum Gasteiger partial charge on any atom is 0.246 e. The molecule has 1 fully saturated rings. The molecule has 1 aliphatic rings. The molecule has 5 rings (SSSR count). The average molecular weight is 570 g/mol. The average Bonchev–Trinajstić information content (AvgIpc) is 3.35. The number of halogens is 4. The van der Waals surface area contributed by atoms with Crippen LogP contribution in [0, 0.1) is 23.3 Å². The van der Waals surface area contributed by atoms with Crippen LogP contribution in [0.15, 0.2) is 48.8 Å². The number of aromatic nitrogens is 4. The molecular weight excluding hydrogens is 546 g/mol. The molecule has 0 saturated carbocycles. The van der Waals surface area contributed by atoms with E-state index in [1.54, 1.807) is 9.58 Å². The number of carbonyl (C=O) groups is 2. The van der Waals surface area contributed by atoms with Crippen molar-refractivity contribution in [3.63, 3.8) is 0 Å². The summed E-state index contributed by atoms with van der Waals surface area (Å²) >= 11 is 0. The molecule has 212 valence electrons. The third-order valence-electron chi connectivity index (χ3n) is 6.58. The number of anilines is 1. The molecule has 10 nitrogen and oxygen atoms in total. The molecule has 1 saturated heterocycles. The molecule has 0 aliphatic carbocycles. The largest absolute Gasteiger partial charge is 0.454 e. The molecule has 3 heterocycles. The van der Waals surface area contributed by atoms with Gasteiger partial charge in [0, 0.05) is 56.1 Å². The topological polar surface area (TPSA) is 128 Å². The summed E-state index contributed by atoms with van der Waals surface area (Å²) in [7, 11) is 1.46. The Kier molecular flexibility index (Phi) is 7.55. The van der Waals surface area contributed by atoms with E-state index in [4.69, 9.17) is 10.5 Å². The normalized spacial score (nSPS) is 15.4. The molecule has 1 atom stereocenters. The zero-order valence-corrected chi connectivity index (χ0v) is 21.6. The number of hydrogen-bond donors (Lipinski definition) is 2. The number of carbonyl (C=O) groups excluding carboxylic acids is 2. The highest BCUT2D eigenvalue weighted by Gasteiger charge is 2.29. The molecule has 0 bridgehead atoms. The van der Waals surface area contributed by atoms with Crippen molar-refractivity contribution < 1.29 is 31.9 Å². The fourth-order valence-electron chi connectivity index (χ4n) is 4.61. The van der Waals surface area contributed by atoms with Crippen LogP contribution in [-0.4, -0.2) is 56.6 Å². The van der Waals surface area contributed by atoms with Gasteiger partial charge in [0.1, 0.15) is 35.2 Å². The van der Waals surface area contributed by atoms with Crippen molar-refractivity contribution in [3.8, 4) is 22.8 Å². The van der Waals surface area contributed by atoms with Gasteiger partial charge in [0.25, 0.3) is 0 Å². The van der Waals surface area contributed by atoms with Gasteiger partial charge in [-0.05, 0) is 25.0 Å². The van der Waals surface area contributed by atoms with Crippen LogP contribution in [-0.2, 0) is 9.59 Å². The Morgan fingerprint density at radius 2 is 1.90 bits per heavy atom. The maximum atomic E-state index is 15.4. The van der Waals surface area contributed by atoms with Crippen LogP contribution in [0.25, 0.3) is 22.3 Å². The second-order valence-electron chi connectivity index (χ2n) is 9.22. The highest BCUT2D eigenvalue weighted by Crippen LogP contribution is 2.37.